The number of furan rings is 1. The number of amides is 1. The number of hydrogen-bond acceptors (Lipinski definition) is 5. The summed E-state index contributed by atoms with van der Waals surface area (Å²) in [6.07, 6.45) is 2.87. The van der Waals surface area contributed by atoms with Gasteiger partial charge in [-0.3, -0.25) is 14.9 Å². The predicted molar refractivity (Wildman–Crippen MR) is 106 cm³/mol. The van der Waals surface area contributed by atoms with Crippen molar-refractivity contribution in [3.8, 4) is 5.75 Å². The van der Waals surface area contributed by atoms with Gasteiger partial charge in [0.1, 0.15) is 5.76 Å². The fourth-order valence-corrected chi connectivity index (χ4v) is 2.79. The second kappa shape index (κ2) is 8.39. The molecule has 1 N–H and O–H groups in total. The van der Waals surface area contributed by atoms with Crippen molar-refractivity contribution in [3.05, 3.63) is 76.0 Å². The Morgan fingerprint density at radius 3 is 2.82 bits per heavy atom. The van der Waals surface area contributed by atoms with E-state index in [4.69, 9.17) is 9.15 Å². The number of nitro groups is 1. The van der Waals surface area contributed by atoms with Gasteiger partial charge in [-0.15, -0.1) is 0 Å². The number of para-hydroxylation sites is 1. The summed E-state index contributed by atoms with van der Waals surface area (Å²) in [7, 11) is 0. The highest BCUT2D eigenvalue weighted by Gasteiger charge is 2.15. The van der Waals surface area contributed by atoms with Gasteiger partial charge in [0.25, 0.3) is 5.69 Å². The van der Waals surface area contributed by atoms with Crippen LogP contribution in [0.1, 0.15) is 31.2 Å². The van der Waals surface area contributed by atoms with E-state index >= 15 is 0 Å². The van der Waals surface area contributed by atoms with Gasteiger partial charge in [-0.2, -0.15) is 0 Å². The highest BCUT2D eigenvalue weighted by molar-refractivity contribution is 5.92. The lowest BCUT2D eigenvalue weighted by atomic mass is 10.2. The van der Waals surface area contributed by atoms with Crippen molar-refractivity contribution in [1.82, 2.24) is 5.32 Å². The molecule has 2 aromatic carbocycles. The zero-order valence-electron chi connectivity index (χ0n) is 15.5. The molecule has 144 valence electrons. The summed E-state index contributed by atoms with van der Waals surface area (Å²) in [6.45, 7) is 4.25. The molecule has 1 unspecified atom stereocenters. The molecular formula is C21H20N2O5. The van der Waals surface area contributed by atoms with Crippen LogP contribution in [0.2, 0.25) is 0 Å². The van der Waals surface area contributed by atoms with Crippen molar-refractivity contribution in [2.45, 2.75) is 19.9 Å². The first kappa shape index (κ1) is 19.2. The zero-order chi connectivity index (χ0) is 20.1. The Bertz CT molecular complexity index is 1040. The lowest BCUT2D eigenvalue weighted by molar-refractivity contribution is -0.384. The van der Waals surface area contributed by atoms with Gasteiger partial charge in [0.15, 0.2) is 11.3 Å². The number of nitrogens with zero attached hydrogens (tertiary/aromatic N) is 1. The van der Waals surface area contributed by atoms with E-state index in [1.807, 2.05) is 38.1 Å². The quantitative estimate of drug-likeness (QED) is 0.366. The number of ether oxygens (including phenoxy) is 1. The molecule has 1 heterocycles. The lowest BCUT2D eigenvalue weighted by Gasteiger charge is -2.09. The van der Waals surface area contributed by atoms with Crippen molar-refractivity contribution >= 4 is 28.6 Å². The fourth-order valence-electron chi connectivity index (χ4n) is 2.79. The average molecular weight is 380 g/mol. The summed E-state index contributed by atoms with van der Waals surface area (Å²) < 4.78 is 11.4. The van der Waals surface area contributed by atoms with E-state index in [0.29, 0.717) is 29.3 Å². The van der Waals surface area contributed by atoms with Crippen LogP contribution >= 0.6 is 0 Å². The molecule has 28 heavy (non-hydrogen) atoms. The monoisotopic (exact) mass is 380 g/mol. The van der Waals surface area contributed by atoms with Gasteiger partial charge in [-0.25, -0.2) is 0 Å². The number of carbonyl (C=O) groups excluding carboxylic acids is 1. The zero-order valence-corrected chi connectivity index (χ0v) is 15.5. The minimum absolute atomic E-state index is 0.0247. The molecule has 1 amide bonds. The largest absolute Gasteiger partial charge is 0.490 e. The van der Waals surface area contributed by atoms with Crippen LogP contribution in [0.5, 0.6) is 5.75 Å². The fraction of sp³-hybridized carbons (Fsp3) is 0.190. The number of hydrogen-bond donors (Lipinski definition) is 1. The third-order valence-electron chi connectivity index (χ3n) is 4.12. The van der Waals surface area contributed by atoms with Gasteiger partial charge in [0.05, 0.1) is 17.6 Å². The number of nitro benzene ring substituents is 1. The van der Waals surface area contributed by atoms with Gasteiger partial charge >= 0.3 is 0 Å². The Morgan fingerprint density at radius 2 is 2.07 bits per heavy atom. The Labute approximate surface area is 161 Å². The normalized spacial score (nSPS) is 12.2. The smallest absolute Gasteiger partial charge is 0.270 e. The molecule has 1 atom stereocenters. The lowest BCUT2D eigenvalue weighted by Crippen LogP contribution is -2.24. The molecule has 0 fully saturated rings. The number of rotatable bonds is 7. The molecule has 7 heteroatoms. The number of non-ortho nitro benzene ring substituents is 1. The van der Waals surface area contributed by atoms with E-state index in [1.165, 1.54) is 24.3 Å². The van der Waals surface area contributed by atoms with E-state index < -0.39 is 4.92 Å². The Hall–Kier alpha value is -3.61. The number of fused-ring (bicyclic) bond motifs is 1. The van der Waals surface area contributed by atoms with Crippen molar-refractivity contribution in [2.24, 2.45) is 0 Å². The van der Waals surface area contributed by atoms with Crippen LogP contribution in [0.4, 0.5) is 5.69 Å². The second-order valence-electron chi connectivity index (χ2n) is 6.17. The first-order chi connectivity index (χ1) is 13.5. The van der Waals surface area contributed by atoms with E-state index in [2.05, 4.69) is 5.32 Å². The topological polar surface area (TPSA) is 94.6 Å². The molecule has 0 saturated carbocycles. The molecule has 0 aliphatic heterocycles. The van der Waals surface area contributed by atoms with Crippen molar-refractivity contribution in [1.29, 1.82) is 0 Å². The number of benzene rings is 2. The summed E-state index contributed by atoms with van der Waals surface area (Å²) >= 11 is 0. The molecule has 0 saturated heterocycles. The minimum Gasteiger partial charge on any atom is -0.490 e. The summed E-state index contributed by atoms with van der Waals surface area (Å²) in [5.74, 6) is 0.944. The van der Waals surface area contributed by atoms with E-state index in [1.54, 1.807) is 12.1 Å². The molecule has 0 radical (unpaired) electrons. The predicted octanol–water partition coefficient (Wildman–Crippen LogP) is 4.63. The van der Waals surface area contributed by atoms with Crippen LogP contribution in [0.3, 0.4) is 0 Å². The van der Waals surface area contributed by atoms with Crippen LogP contribution < -0.4 is 10.1 Å². The van der Waals surface area contributed by atoms with E-state index in [-0.39, 0.29) is 17.6 Å². The molecule has 3 aromatic rings. The van der Waals surface area contributed by atoms with Crippen LogP contribution in [-0.4, -0.2) is 17.4 Å². The first-order valence-electron chi connectivity index (χ1n) is 8.86. The standard InChI is InChI=1S/C21H20N2O5/c1-3-27-18-9-5-7-16-13-19(28-21(16)18)14(2)22-20(24)11-10-15-6-4-8-17(12-15)23(25)26/h4-14H,3H2,1-2H3,(H,22,24)/b11-10+. The highest BCUT2D eigenvalue weighted by atomic mass is 16.6. The highest BCUT2D eigenvalue weighted by Crippen LogP contribution is 2.31. The minimum atomic E-state index is -0.475. The molecule has 0 bridgehead atoms. The average Bonchev–Trinajstić information content (AvgIpc) is 3.12. The number of carbonyl (C=O) groups is 1. The van der Waals surface area contributed by atoms with Crippen LogP contribution in [0, 0.1) is 10.1 Å². The maximum Gasteiger partial charge on any atom is 0.270 e. The van der Waals surface area contributed by atoms with Gasteiger partial charge in [0, 0.05) is 23.6 Å². The van der Waals surface area contributed by atoms with Crippen LogP contribution in [0.15, 0.2) is 59.0 Å². The van der Waals surface area contributed by atoms with Crippen LogP contribution in [-0.2, 0) is 4.79 Å². The number of nitrogens with one attached hydrogen (secondary N) is 1. The van der Waals surface area contributed by atoms with Gasteiger partial charge < -0.3 is 14.5 Å². The van der Waals surface area contributed by atoms with Gasteiger partial charge in [-0.1, -0.05) is 24.3 Å². The van der Waals surface area contributed by atoms with Gasteiger partial charge in [0.2, 0.25) is 5.91 Å². The first-order valence-corrected chi connectivity index (χ1v) is 8.86. The molecule has 0 aliphatic carbocycles. The summed E-state index contributed by atoms with van der Waals surface area (Å²) in [5.41, 5.74) is 1.19. The molecule has 3 rings (SSSR count). The van der Waals surface area contributed by atoms with Crippen LogP contribution in [0.25, 0.3) is 17.0 Å². The second-order valence-corrected chi connectivity index (χ2v) is 6.17. The van der Waals surface area contributed by atoms with Crippen molar-refractivity contribution in [3.63, 3.8) is 0 Å². The summed E-state index contributed by atoms with van der Waals surface area (Å²) in [5, 5.41) is 14.5. The molecule has 1 aromatic heterocycles. The van der Waals surface area contributed by atoms with Gasteiger partial charge in [-0.05, 0) is 37.6 Å². The molecule has 0 spiro atoms. The summed E-state index contributed by atoms with van der Waals surface area (Å²) in [6, 6.07) is 13.2. The molecule has 7 nitrogen and oxygen atoms in total. The summed E-state index contributed by atoms with van der Waals surface area (Å²) in [4.78, 5) is 22.5. The Morgan fingerprint density at radius 1 is 1.29 bits per heavy atom. The van der Waals surface area contributed by atoms with Crippen molar-refractivity contribution < 1.29 is 18.9 Å². The maximum atomic E-state index is 12.2. The third kappa shape index (κ3) is 4.37. The molecular weight excluding hydrogens is 360 g/mol. The SMILES string of the molecule is CCOc1cccc2cc(C(C)NC(=O)/C=C/c3cccc([N+](=O)[O-])c3)oc12. The van der Waals surface area contributed by atoms with E-state index in [9.17, 15) is 14.9 Å². The molecule has 0 aliphatic rings. The van der Waals surface area contributed by atoms with Crippen molar-refractivity contribution in [2.75, 3.05) is 6.61 Å². The van der Waals surface area contributed by atoms with E-state index in [0.717, 1.165) is 5.39 Å². The Balaban J connectivity index is 1.70. The Kier molecular flexibility index (Phi) is 5.74. The third-order valence-corrected chi connectivity index (χ3v) is 4.12. The maximum absolute atomic E-state index is 12.2.